The van der Waals surface area contributed by atoms with Gasteiger partial charge < -0.3 is 15.0 Å². The van der Waals surface area contributed by atoms with Crippen molar-refractivity contribution in [3.05, 3.63) is 0 Å². The summed E-state index contributed by atoms with van der Waals surface area (Å²) in [5.74, 6) is 0.156. The molecule has 1 N–H and O–H groups in total. The van der Waals surface area contributed by atoms with Crippen LogP contribution in [0.15, 0.2) is 0 Å². The van der Waals surface area contributed by atoms with Gasteiger partial charge in [0, 0.05) is 12.1 Å². The molecular formula is C12H24N2O2. The van der Waals surface area contributed by atoms with Crippen LogP contribution in [0.25, 0.3) is 0 Å². The lowest BCUT2D eigenvalue weighted by Gasteiger charge is -2.42. The smallest absolute Gasteiger partial charge is 0.237 e. The lowest BCUT2D eigenvalue weighted by Crippen LogP contribution is -2.58. The summed E-state index contributed by atoms with van der Waals surface area (Å²) in [6, 6.07) is 0. The minimum Gasteiger partial charge on any atom is -0.377 e. The number of nitrogens with one attached hydrogen (secondary N) is 1. The van der Waals surface area contributed by atoms with Gasteiger partial charge in [0.05, 0.1) is 25.3 Å². The standard InChI is InChI=1S/C12H24N2O2/c1-11(2,3)13-8-10(15)14-6-7-16-9-12(14,4)5/h13H,6-9H2,1-5H3. The van der Waals surface area contributed by atoms with Crippen molar-refractivity contribution in [3.63, 3.8) is 0 Å². The van der Waals surface area contributed by atoms with Crippen LogP contribution in [-0.4, -0.2) is 48.2 Å². The Morgan fingerprint density at radius 3 is 2.56 bits per heavy atom. The molecule has 1 fully saturated rings. The summed E-state index contributed by atoms with van der Waals surface area (Å²) >= 11 is 0. The number of nitrogens with zero attached hydrogens (tertiary/aromatic N) is 1. The minimum atomic E-state index is -0.186. The molecule has 16 heavy (non-hydrogen) atoms. The molecule has 0 unspecified atom stereocenters. The topological polar surface area (TPSA) is 41.6 Å². The largest absolute Gasteiger partial charge is 0.377 e. The molecule has 0 atom stereocenters. The lowest BCUT2D eigenvalue weighted by molar-refractivity contribution is -0.145. The molecule has 0 radical (unpaired) electrons. The first-order chi connectivity index (χ1) is 7.22. The molecule has 0 saturated carbocycles. The van der Waals surface area contributed by atoms with E-state index in [1.807, 2.05) is 18.7 Å². The Hall–Kier alpha value is -0.610. The van der Waals surface area contributed by atoms with Gasteiger partial charge in [-0.3, -0.25) is 4.79 Å². The van der Waals surface area contributed by atoms with Crippen molar-refractivity contribution in [3.8, 4) is 0 Å². The van der Waals surface area contributed by atoms with E-state index in [0.717, 1.165) is 0 Å². The van der Waals surface area contributed by atoms with Crippen LogP contribution in [0.5, 0.6) is 0 Å². The van der Waals surface area contributed by atoms with E-state index in [1.165, 1.54) is 0 Å². The van der Waals surface area contributed by atoms with E-state index in [-0.39, 0.29) is 17.0 Å². The van der Waals surface area contributed by atoms with Crippen LogP contribution in [0.2, 0.25) is 0 Å². The Balaban J connectivity index is 2.52. The van der Waals surface area contributed by atoms with Gasteiger partial charge in [-0.2, -0.15) is 0 Å². The van der Waals surface area contributed by atoms with Gasteiger partial charge in [-0.25, -0.2) is 0 Å². The number of carbonyl (C=O) groups is 1. The molecule has 1 heterocycles. The highest BCUT2D eigenvalue weighted by Crippen LogP contribution is 2.18. The van der Waals surface area contributed by atoms with Crippen LogP contribution in [0, 0.1) is 0 Å². The number of amides is 1. The number of carbonyl (C=O) groups excluding carboxylic acids is 1. The highest BCUT2D eigenvalue weighted by molar-refractivity contribution is 5.79. The van der Waals surface area contributed by atoms with Crippen molar-refractivity contribution in [1.82, 2.24) is 10.2 Å². The SMILES string of the molecule is CC(C)(C)NCC(=O)N1CCOCC1(C)C. The molecule has 1 amide bonds. The fourth-order valence-corrected chi connectivity index (χ4v) is 1.76. The van der Waals surface area contributed by atoms with Crippen LogP contribution >= 0.6 is 0 Å². The van der Waals surface area contributed by atoms with E-state index in [4.69, 9.17) is 4.74 Å². The monoisotopic (exact) mass is 228 g/mol. The number of rotatable bonds is 2. The number of hydrogen-bond donors (Lipinski definition) is 1. The summed E-state index contributed by atoms with van der Waals surface area (Å²) in [5.41, 5.74) is -0.207. The Morgan fingerprint density at radius 1 is 1.44 bits per heavy atom. The molecule has 0 aromatic heterocycles. The van der Waals surface area contributed by atoms with Crippen molar-refractivity contribution in [1.29, 1.82) is 0 Å². The maximum absolute atomic E-state index is 12.1. The Morgan fingerprint density at radius 2 is 2.06 bits per heavy atom. The Bertz CT molecular complexity index is 256. The number of morpholine rings is 1. The summed E-state index contributed by atoms with van der Waals surface area (Å²) in [6.07, 6.45) is 0. The van der Waals surface area contributed by atoms with E-state index >= 15 is 0 Å². The molecule has 0 aromatic rings. The highest BCUT2D eigenvalue weighted by Gasteiger charge is 2.33. The molecule has 4 nitrogen and oxygen atoms in total. The second-order valence-corrected chi connectivity index (χ2v) is 6.01. The average molecular weight is 228 g/mol. The molecule has 0 aromatic carbocycles. The average Bonchev–Trinajstić information content (AvgIpc) is 2.12. The van der Waals surface area contributed by atoms with Crippen LogP contribution in [-0.2, 0) is 9.53 Å². The van der Waals surface area contributed by atoms with E-state index in [9.17, 15) is 4.79 Å². The van der Waals surface area contributed by atoms with Gasteiger partial charge in [0.15, 0.2) is 0 Å². The van der Waals surface area contributed by atoms with E-state index in [2.05, 4.69) is 26.1 Å². The van der Waals surface area contributed by atoms with E-state index < -0.39 is 0 Å². The van der Waals surface area contributed by atoms with Gasteiger partial charge in [-0.15, -0.1) is 0 Å². The fourth-order valence-electron chi connectivity index (χ4n) is 1.76. The van der Waals surface area contributed by atoms with Gasteiger partial charge >= 0.3 is 0 Å². The summed E-state index contributed by atoms with van der Waals surface area (Å²) in [4.78, 5) is 14.0. The zero-order valence-corrected chi connectivity index (χ0v) is 11.1. The van der Waals surface area contributed by atoms with Crippen LogP contribution in [0.1, 0.15) is 34.6 Å². The third-order valence-electron chi connectivity index (χ3n) is 2.72. The summed E-state index contributed by atoms with van der Waals surface area (Å²) in [7, 11) is 0. The minimum absolute atomic E-state index is 0.0217. The fraction of sp³-hybridized carbons (Fsp3) is 0.917. The zero-order chi connectivity index (χ0) is 12.4. The predicted octanol–water partition coefficient (Wildman–Crippen LogP) is 1.01. The molecule has 0 bridgehead atoms. The number of ether oxygens (including phenoxy) is 1. The van der Waals surface area contributed by atoms with Crippen molar-refractivity contribution in [2.24, 2.45) is 0 Å². The zero-order valence-electron chi connectivity index (χ0n) is 11.1. The molecule has 94 valence electrons. The quantitative estimate of drug-likeness (QED) is 0.767. The van der Waals surface area contributed by atoms with Gasteiger partial charge in [0.25, 0.3) is 0 Å². The molecule has 1 aliphatic heterocycles. The van der Waals surface area contributed by atoms with Crippen LogP contribution in [0.3, 0.4) is 0 Å². The second kappa shape index (κ2) is 4.72. The first kappa shape index (κ1) is 13.5. The number of hydrogen-bond acceptors (Lipinski definition) is 3. The van der Waals surface area contributed by atoms with Gasteiger partial charge in [-0.05, 0) is 34.6 Å². The lowest BCUT2D eigenvalue weighted by atomic mass is 10.0. The maximum Gasteiger partial charge on any atom is 0.237 e. The van der Waals surface area contributed by atoms with Crippen molar-refractivity contribution >= 4 is 5.91 Å². The molecule has 0 aliphatic carbocycles. The predicted molar refractivity (Wildman–Crippen MR) is 64.4 cm³/mol. The Kier molecular flexibility index (Phi) is 3.97. The van der Waals surface area contributed by atoms with Crippen molar-refractivity contribution in [2.45, 2.75) is 45.7 Å². The molecule has 1 rings (SSSR count). The van der Waals surface area contributed by atoms with Gasteiger partial charge in [0.1, 0.15) is 0 Å². The van der Waals surface area contributed by atoms with Crippen LogP contribution < -0.4 is 5.32 Å². The van der Waals surface area contributed by atoms with Gasteiger partial charge in [0.2, 0.25) is 5.91 Å². The van der Waals surface area contributed by atoms with Crippen molar-refractivity contribution in [2.75, 3.05) is 26.3 Å². The first-order valence-corrected chi connectivity index (χ1v) is 5.86. The van der Waals surface area contributed by atoms with Gasteiger partial charge in [-0.1, -0.05) is 0 Å². The normalized spacial score (nSPS) is 20.9. The van der Waals surface area contributed by atoms with E-state index in [1.54, 1.807) is 0 Å². The van der Waals surface area contributed by atoms with Crippen molar-refractivity contribution < 1.29 is 9.53 Å². The van der Waals surface area contributed by atoms with E-state index in [0.29, 0.717) is 26.3 Å². The second-order valence-electron chi connectivity index (χ2n) is 6.01. The third-order valence-corrected chi connectivity index (χ3v) is 2.72. The molecular weight excluding hydrogens is 204 g/mol. The summed E-state index contributed by atoms with van der Waals surface area (Å²) in [6.45, 7) is 12.6. The summed E-state index contributed by atoms with van der Waals surface area (Å²) < 4.78 is 5.40. The molecule has 1 aliphatic rings. The Labute approximate surface area is 98.3 Å². The third kappa shape index (κ3) is 3.76. The highest BCUT2D eigenvalue weighted by atomic mass is 16.5. The van der Waals surface area contributed by atoms with Crippen LogP contribution in [0.4, 0.5) is 0 Å². The molecule has 4 heteroatoms. The first-order valence-electron chi connectivity index (χ1n) is 5.86. The summed E-state index contributed by atoms with van der Waals surface area (Å²) in [5, 5.41) is 3.22. The molecule has 0 spiro atoms. The maximum atomic E-state index is 12.1. The molecule has 1 saturated heterocycles.